The number of hydrogen-bond donors (Lipinski definition) is 1. The van der Waals surface area contributed by atoms with Crippen LogP contribution in [0.2, 0.25) is 0 Å². The molecule has 1 radical (unpaired) electrons. The lowest BCUT2D eigenvalue weighted by molar-refractivity contribution is -0.270. The van der Waals surface area contributed by atoms with Gasteiger partial charge in [-0.05, 0) is 6.07 Å². The molecule has 1 N–H and O–H groups in total. The smallest absolute Gasteiger partial charge is 0.178 e. The van der Waals surface area contributed by atoms with Gasteiger partial charge in [-0.1, -0.05) is 30.0 Å². The summed E-state index contributed by atoms with van der Waals surface area (Å²) in [6.45, 7) is 0. The standard InChI is InChI=1S/C10H7O3/c11-8-5-9(12)10(13)7-4-2-1-3-6(7)8/h1-5,11-12H/p-1. The molecule has 0 heterocycles. The highest BCUT2D eigenvalue weighted by molar-refractivity contribution is 5.94. The molecule has 0 fully saturated rings. The summed E-state index contributed by atoms with van der Waals surface area (Å²) in [5.74, 6) is -1.37. The van der Waals surface area contributed by atoms with E-state index in [0.29, 0.717) is 5.39 Å². The number of benzene rings is 2. The fourth-order valence-electron chi connectivity index (χ4n) is 1.30. The van der Waals surface area contributed by atoms with Crippen molar-refractivity contribution in [2.75, 3.05) is 0 Å². The number of rotatable bonds is 0. The molecule has 0 aliphatic heterocycles. The second kappa shape index (κ2) is 2.55. The first-order chi connectivity index (χ1) is 6.20. The molecule has 3 nitrogen and oxygen atoms in total. The Morgan fingerprint density at radius 3 is 2.46 bits per heavy atom. The molecular weight excluding hydrogens is 168 g/mol. The van der Waals surface area contributed by atoms with Crippen LogP contribution in [0.5, 0.6) is 17.2 Å². The van der Waals surface area contributed by atoms with Gasteiger partial charge in [0.05, 0.1) is 0 Å². The van der Waals surface area contributed by atoms with Crippen LogP contribution >= 0.6 is 0 Å². The van der Waals surface area contributed by atoms with Crippen molar-refractivity contribution in [3.63, 3.8) is 0 Å². The molecule has 0 saturated heterocycles. The molecule has 2 aromatic carbocycles. The average Bonchev–Trinajstić information content (AvgIpc) is 2.15. The average molecular weight is 174 g/mol. The minimum Gasteiger partial charge on any atom is -0.870 e. The first-order valence-electron chi connectivity index (χ1n) is 3.79. The van der Waals surface area contributed by atoms with Gasteiger partial charge >= 0.3 is 0 Å². The van der Waals surface area contributed by atoms with Crippen molar-refractivity contribution in [2.45, 2.75) is 0 Å². The Labute approximate surface area is 74.5 Å². The van der Waals surface area contributed by atoms with Crippen LogP contribution in [0.4, 0.5) is 0 Å². The van der Waals surface area contributed by atoms with Gasteiger partial charge in [0, 0.05) is 10.8 Å². The lowest BCUT2D eigenvalue weighted by atomic mass is 10.1. The van der Waals surface area contributed by atoms with E-state index in [1.807, 2.05) is 0 Å². The van der Waals surface area contributed by atoms with Gasteiger partial charge in [0.15, 0.2) is 5.75 Å². The van der Waals surface area contributed by atoms with Gasteiger partial charge in [0.2, 0.25) is 0 Å². The molecule has 0 saturated carbocycles. The van der Waals surface area contributed by atoms with Gasteiger partial charge in [0.25, 0.3) is 0 Å². The zero-order valence-corrected chi connectivity index (χ0v) is 6.65. The predicted molar refractivity (Wildman–Crippen MR) is 45.2 cm³/mol. The van der Waals surface area contributed by atoms with E-state index in [1.165, 1.54) is 6.07 Å². The fraction of sp³-hybridized carbons (Fsp3) is 0. The quantitative estimate of drug-likeness (QED) is 0.661. The van der Waals surface area contributed by atoms with Crippen molar-refractivity contribution >= 4 is 10.8 Å². The third kappa shape index (κ3) is 1.05. The molecule has 0 aromatic heterocycles. The highest BCUT2D eigenvalue weighted by Gasteiger charge is 2.05. The summed E-state index contributed by atoms with van der Waals surface area (Å²) in [4.78, 5) is 0. The maximum atomic E-state index is 11.3. The minimum atomic E-state index is -0.670. The van der Waals surface area contributed by atoms with Gasteiger partial charge in [-0.2, -0.15) is 0 Å². The normalized spacial score (nSPS) is 10.5. The van der Waals surface area contributed by atoms with Crippen LogP contribution in [0.25, 0.3) is 10.8 Å². The molecular formula is C10H6O3-. The van der Waals surface area contributed by atoms with E-state index in [9.17, 15) is 15.3 Å². The van der Waals surface area contributed by atoms with E-state index in [1.54, 1.807) is 18.2 Å². The van der Waals surface area contributed by atoms with Crippen molar-refractivity contribution in [1.82, 2.24) is 0 Å². The Morgan fingerprint density at radius 2 is 1.77 bits per heavy atom. The number of phenolic OH excluding ortho intramolecular Hbond substituents is 1. The third-order valence-corrected chi connectivity index (χ3v) is 1.94. The molecule has 13 heavy (non-hydrogen) atoms. The largest absolute Gasteiger partial charge is 0.870 e. The predicted octanol–water partition coefficient (Wildman–Crippen LogP) is 1.76. The van der Waals surface area contributed by atoms with Crippen molar-refractivity contribution < 1.29 is 15.3 Å². The highest BCUT2D eigenvalue weighted by Crippen LogP contribution is 2.37. The van der Waals surface area contributed by atoms with E-state index in [0.717, 1.165) is 6.07 Å². The fourth-order valence-corrected chi connectivity index (χ4v) is 1.30. The van der Waals surface area contributed by atoms with Crippen molar-refractivity contribution in [3.05, 3.63) is 30.3 Å². The van der Waals surface area contributed by atoms with Crippen LogP contribution in [0.3, 0.4) is 0 Å². The summed E-state index contributed by atoms with van der Waals surface area (Å²) in [5.41, 5.74) is 0. The van der Waals surface area contributed by atoms with Gasteiger partial charge in [-0.3, -0.25) is 5.11 Å². The van der Waals surface area contributed by atoms with Crippen LogP contribution in [0, 0.1) is 0 Å². The summed E-state index contributed by atoms with van der Waals surface area (Å²) in [6.07, 6.45) is 0. The minimum absolute atomic E-state index is 0.139. The summed E-state index contributed by atoms with van der Waals surface area (Å²) >= 11 is 0. The van der Waals surface area contributed by atoms with Crippen molar-refractivity contribution in [3.8, 4) is 17.2 Å². The molecule has 2 rings (SSSR count). The van der Waals surface area contributed by atoms with Crippen molar-refractivity contribution in [2.24, 2.45) is 0 Å². The molecule has 0 spiro atoms. The van der Waals surface area contributed by atoms with Crippen LogP contribution in [0.15, 0.2) is 30.3 Å². The summed E-state index contributed by atoms with van der Waals surface area (Å²) < 4.78 is 0. The van der Waals surface area contributed by atoms with E-state index < -0.39 is 11.5 Å². The molecule has 0 amide bonds. The number of aromatic hydroxyl groups is 1. The van der Waals surface area contributed by atoms with Gasteiger partial charge in [-0.15, -0.1) is 0 Å². The zero-order valence-electron chi connectivity index (χ0n) is 6.65. The summed E-state index contributed by atoms with van der Waals surface area (Å²) in [5, 5.41) is 32.3. The summed E-state index contributed by atoms with van der Waals surface area (Å²) in [6, 6.07) is 7.43. The van der Waals surface area contributed by atoms with E-state index in [2.05, 4.69) is 0 Å². The van der Waals surface area contributed by atoms with E-state index in [4.69, 9.17) is 0 Å². The lowest BCUT2D eigenvalue weighted by Crippen LogP contribution is -1.89. The summed E-state index contributed by atoms with van der Waals surface area (Å²) in [7, 11) is 0. The topological polar surface area (TPSA) is 63.2 Å². The Kier molecular flexibility index (Phi) is 1.52. The molecule has 2 aromatic rings. The molecule has 0 bridgehead atoms. The number of hydrogen-bond acceptors (Lipinski definition) is 2. The Morgan fingerprint density at radius 1 is 1.15 bits per heavy atom. The number of fused-ring (bicyclic) bond motifs is 1. The zero-order chi connectivity index (χ0) is 9.42. The first kappa shape index (κ1) is 7.73. The lowest BCUT2D eigenvalue weighted by Gasteiger charge is -2.09. The molecule has 0 aliphatic carbocycles. The van der Waals surface area contributed by atoms with E-state index in [-0.39, 0.29) is 11.1 Å². The van der Waals surface area contributed by atoms with Crippen LogP contribution in [-0.2, 0) is 5.11 Å². The third-order valence-electron chi connectivity index (χ3n) is 1.94. The second-order valence-electron chi connectivity index (χ2n) is 2.77. The van der Waals surface area contributed by atoms with Gasteiger partial charge in [0.1, 0.15) is 5.75 Å². The van der Waals surface area contributed by atoms with Crippen molar-refractivity contribution in [1.29, 1.82) is 0 Å². The first-order valence-corrected chi connectivity index (χ1v) is 3.79. The van der Waals surface area contributed by atoms with E-state index >= 15 is 0 Å². The SMILES string of the molecule is [O]c1c([O-])cc(O)c2ccccc12. The van der Waals surface area contributed by atoms with Crippen LogP contribution in [0.1, 0.15) is 0 Å². The molecule has 0 unspecified atom stereocenters. The Hall–Kier alpha value is -1.90. The Bertz CT molecular complexity index is 463. The molecule has 0 aliphatic rings. The number of phenols is 1. The molecule has 0 atom stereocenters. The van der Waals surface area contributed by atoms with Gasteiger partial charge in [-0.25, -0.2) is 0 Å². The maximum Gasteiger partial charge on any atom is 0.178 e. The van der Waals surface area contributed by atoms with Crippen LogP contribution < -0.4 is 5.11 Å². The molecule has 65 valence electrons. The van der Waals surface area contributed by atoms with Crippen LogP contribution in [-0.4, -0.2) is 5.11 Å². The maximum absolute atomic E-state index is 11.3. The monoisotopic (exact) mass is 174 g/mol. The van der Waals surface area contributed by atoms with Gasteiger partial charge < -0.3 is 10.2 Å². The molecule has 3 heteroatoms. The highest BCUT2D eigenvalue weighted by atomic mass is 16.3. The Balaban J connectivity index is 2.97. The second-order valence-corrected chi connectivity index (χ2v) is 2.77.